The van der Waals surface area contributed by atoms with Gasteiger partial charge in [0.25, 0.3) is 0 Å². The predicted octanol–water partition coefficient (Wildman–Crippen LogP) is 2.58. The fraction of sp³-hybridized carbons (Fsp3) is 0.357. The minimum atomic E-state index is -1.11. The van der Waals surface area contributed by atoms with Crippen molar-refractivity contribution >= 4 is 5.97 Å². The van der Waals surface area contributed by atoms with Crippen molar-refractivity contribution in [2.24, 2.45) is 0 Å². The van der Waals surface area contributed by atoms with Crippen LogP contribution in [0.3, 0.4) is 0 Å². The first-order chi connectivity index (χ1) is 8.14. The molecule has 3 N–H and O–H groups in total. The number of hydrogen-bond acceptors (Lipinski definition) is 3. The second-order valence-electron chi connectivity index (χ2n) is 5.29. The van der Waals surface area contributed by atoms with Gasteiger partial charge in [0, 0.05) is 17.6 Å². The molecule has 0 aliphatic rings. The van der Waals surface area contributed by atoms with E-state index in [0.29, 0.717) is 5.56 Å². The Bertz CT molecular complexity index is 495. The lowest BCUT2D eigenvalue weighted by molar-refractivity contribution is -0.132. The van der Waals surface area contributed by atoms with Crippen LogP contribution in [0.1, 0.15) is 31.9 Å². The third-order valence-electron chi connectivity index (χ3n) is 2.76. The molecule has 0 aromatic heterocycles. The van der Waals surface area contributed by atoms with Gasteiger partial charge in [-0.3, -0.25) is 0 Å². The third kappa shape index (κ3) is 2.83. The number of aliphatic carboxylic acids is 1. The minimum Gasteiger partial charge on any atom is -0.504 e. The van der Waals surface area contributed by atoms with Crippen LogP contribution in [0, 0.1) is 0 Å². The van der Waals surface area contributed by atoms with Gasteiger partial charge in [0.05, 0.1) is 0 Å². The molecule has 1 rings (SSSR count). The zero-order valence-corrected chi connectivity index (χ0v) is 10.8. The Morgan fingerprint density at radius 2 is 1.83 bits per heavy atom. The number of benzene rings is 1. The number of aromatic hydroxyl groups is 2. The molecule has 0 aliphatic carbocycles. The van der Waals surface area contributed by atoms with Gasteiger partial charge in [-0.15, -0.1) is 0 Å². The summed E-state index contributed by atoms with van der Waals surface area (Å²) in [5, 5.41) is 28.3. The Hall–Kier alpha value is -1.97. The molecule has 1 aromatic carbocycles. The Labute approximate surface area is 106 Å². The zero-order valence-electron chi connectivity index (χ0n) is 10.8. The van der Waals surface area contributed by atoms with Crippen LogP contribution in [0.25, 0.3) is 0 Å². The Morgan fingerprint density at radius 1 is 1.28 bits per heavy atom. The smallest absolute Gasteiger partial charge is 0.331 e. The first kappa shape index (κ1) is 14.1. The van der Waals surface area contributed by atoms with Crippen molar-refractivity contribution in [2.75, 3.05) is 0 Å². The van der Waals surface area contributed by atoms with Crippen LogP contribution in [0.2, 0.25) is 0 Å². The average molecular weight is 250 g/mol. The molecular formula is C14H18O4. The summed E-state index contributed by atoms with van der Waals surface area (Å²) >= 11 is 0. The van der Waals surface area contributed by atoms with Gasteiger partial charge in [-0.05, 0) is 17.0 Å². The van der Waals surface area contributed by atoms with Crippen molar-refractivity contribution in [2.45, 2.75) is 32.6 Å². The van der Waals surface area contributed by atoms with E-state index in [0.717, 1.165) is 5.56 Å². The summed E-state index contributed by atoms with van der Waals surface area (Å²) in [6, 6.07) is 3.10. The summed E-state index contributed by atoms with van der Waals surface area (Å²) in [4.78, 5) is 10.8. The summed E-state index contributed by atoms with van der Waals surface area (Å²) in [6.45, 7) is 9.30. The quantitative estimate of drug-likeness (QED) is 0.569. The number of phenols is 2. The monoisotopic (exact) mass is 250 g/mol. The van der Waals surface area contributed by atoms with Crippen LogP contribution in [0.15, 0.2) is 24.3 Å². The minimum absolute atomic E-state index is 0.00215. The number of carbonyl (C=O) groups is 1. The second-order valence-corrected chi connectivity index (χ2v) is 5.29. The van der Waals surface area contributed by atoms with Gasteiger partial charge >= 0.3 is 5.97 Å². The molecule has 4 nitrogen and oxygen atoms in total. The molecule has 0 saturated carbocycles. The van der Waals surface area contributed by atoms with Crippen LogP contribution in [0.4, 0.5) is 0 Å². The van der Waals surface area contributed by atoms with E-state index in [1.54, 1.807) is 6.07 Å². The molecule has 0 saturated heterocycles. The molecule has 0 aliphatic heterocycles. The van der Waals surface area contributed by atoms with E-state index in [2.05, 4.69) is 6.58 Å². The number of phenolic OH excluding ortho intramolecular Hbond substituents is 2. The maximum absolute atomic E-state index is 10.8. The second kappa shape index (κ2) is 4.72. The molecule has 98 valence electrons. The first-order valence-corrected chi connectivity index (χ1v) is 5.60. The van der Waals surface area contributed by atoms with Crippen LogP contribution >= 0.6 is 0 Å². The van der Waals surface area contributed by atoms with E-state index < -0.39 is 5.97 Å². The van der Waals surface area contributed by atoms with Gasteiger partial charge in [0.2, 0.25) is 0 Å². The van der Waals surface area contributed by atoms with Crippen LogP contribution in [-0.4, -0.2) is 21.3 Å². The molecular weight excluding hydrogens is 232 g/mol. The molecule has 0 radical (unpaired) electrons. The van der Waals surface area contributed by atoms with Gasteiger partial charge in [0.15, 0.2) is 11.5 Å². The van der Waals surface area contributed by atoms with E-state index in [4.69, 9.17) is 5.11 Å². The SMILES string of the molecule is C=C(Cc1c(C(C)(C)C)ccc(O)c1O)C(=O)O. The highest BCUT2D eigenvalue weighted by Gasteiger charge is 2.23. The van der Waals surface area contributed by atoms with Crippen LogP contribution in [0.5, 0.6) is 11.5 Å². The van der Waals surface area contributed by atoms with Gasteiger partial charge in [-0.2, -0.15) is 0 Å². The largest absolute Gasteiger partial charge is 0.504 e. The Kier molecular flexibility index (Phi) is 3.70. The highest BCUT2D eigenvalue weighted by Crippen LogP contribution is 2.38. The van der Waals surface area contributed by atoms with E-state index in [1.165, 1.54) is 6.07 Å². The Morgan fingerprint density at radius 3 is 2.28 bits per heavy atom. The first-order valence-electron chi connectivity index (χ1n) is 5.60. The fourth-order valence-electron chi connectivity index (χ4n) is 1.79. The van der Waals surface area contributed by atoms with Crippen molar-refractivity contribution in [3.8, 4) is 11.5 Å². The maximum atomic E-state index is 10.8. The molecule has 0 amide bonds. The number of hydrogen-bond donors (Lipinski definition) is 3. The van der Waals surface area contributed by atoms with Crippen LogP contribution in [-0.2, 0) is 16.6 Å². The molecule has 1 aromatic rings. The average Bonchev–Trinajstić information content (AvgIpc) is 2.22. The van der Waals surface area contributed by atoms with E-state index in [9.17, 15) is 15.0 Å². The molecule has 18 heavy (non-hydrogen) atoms. The van der Waals surface area contributed by atoms with E-state index >= 15 is 0 Å². The summed E-state index contributed by atoms with van der Waals surface area (Å²) < 4.78 is 0. The van der Waals surface area contributed by atoms with Gasteiger partial charge in [-0.1, -0.05) is 33.4 Å². The van der Waals surface area contributed by atoms with Crippen molar-refractivity contribution < 1.29 is 20.1 Å². The molecule has 0 fully saturated rings. The summed E-state index contributed by atoms with van der Waals surface area (Å²) in [7, 11) is 0. The summed E-state index contributed by atoms with van der Waals surface area (Å²) in [5.41, 5.74) is 0.913. The molecule has 4 heteroatoms. The number of carboxylic acid groups (broad SMARTS) is 1. The van der Waals surface area contributed by atoms with Gasteiger partial charge in [0.1, 0.15) is 0 Å². The number of rotatable bonds is 3. The van der Waals surface area contributed by atoms with Crippen molar-refractivity contribution in [3.63, 3.8) is 0 Å². The molecule has 0 atom stereocenters. The van der Waals surface area contributed by atoms with Gasteiger partial charge < -0.3 is 15.3 Å². The highest BCUT2D eigenvalue weighted by molar-refractivity contribution is 5.86. The van der Waals surface area contributed by atoms with Gasteiger partial charge in [-0.25, -0.2) is 4.79 Å². The van der Waals surface area contributed by atoms with Crippen LogP contribution < -0.4 is 0 Å². The lowest BCUT2D eigenvalue weighted by Crippen LogP contribution is -2.15. The summed E-state index contributed by atoms with van der Waals surface area (Å²) in [5.74, 6) is -1.64. The van der Waals surface area contributed by atoms with Crippen molar-refractivity contribution in [1.82, 2.24) is 0 Å². The van der Waals surface area contributed by atoms with E-state index in [-0.39, 0.29) is 28.9 Å². The zero-order chi connectivity index (χ0) is 14.1. The molecule has 0 bridgehead atoms. The van der Waals surface area contributed by atoms with Crippen molar-refractivity contribution in [1.29, 1.82) is 0 Å². The molecule has 0 unspecified atom stereocenters. The normalized spacial score (nSPS) is 11.3. The molecule has 0 spiro atoms. The van der Waals surface area contributed by atoms with Crippen molar-refractivity contribution in [3.05, 3.63) is 35.4 Å². The standard InChI is InChI=1S/C14H18O4/c1-8(13(17)18)7-9-10(14(2,3)4)5-6-11(15)12(9)16/h5-6,15-16H,1,7H2,2-4H3,(H,17,18). The Balaban J connectivity index is 3.34. The molecule has 0 heterocycles. The number of carboxylic acids is 1. The fourth-order valence-corrected chi connectivity index (χ4v) is 1.79. The predicted molar refractivity (Wildman–Crippen MR) is 69.0 cm³/mol. The summed E-state index contributed by atoms with van der Waals surface area (Å²) in [6.07, 6.45) is 0.00215. The van der Waals surface area contributed by atoms with E-state index in [1.807, 2.05) is 20.8 Å². The third-order valence-corrected chi connectivity index (χ3v) is 2.76. The lowest BCUT2D eigenvalue weighted by atomic mass is 9.81. The maximum Gasteiger partial charge on any atom is 0.331 e. The lowest BCUT2D eigenvalue weighted by Gasteiger charge is -2.24. The topological polar surface area (TPSA) is 77.8 Å². The highest BCUT2D eigenvalue weighted by atomic mass is 16.4.